The van der Waals surface area contributed by atoms with Gasteiger partial charge in [0.15, 0.2) is 0 Å². The monoisotopic (exact) mass is 207 g/mol. The Balaban J connectivity index is 4.34. The molecule has 0 aliphatic carbocycles. The fraction of sp³-hybridized carbons (Fsp3) is 0.571. The average molecular weight is 207 g/mol. The van der Waals surface area contributed by atoms with Gasteiger partial charge >= 0.3 is 0 Å². The fourth-order valence-corrected chi connectivity index (χ4v) is 0.904. The Morgan fingerprint density at radius 2 is 2.08 bits per heavy atom. The Hall–Kier alpha value is -0.880. The van der Waals surface area contributed by atoms with E-state index >= 15 is 0 Å². The van der Waals surface area contributed by atoms with E-state index in [-0.39, 0.29) is 12.0 Å². The average Bonchev–Trinajstić information content (AvgIpc) is 1.97. The maximum atomic E-state index is 10.5. The summed E-state index contributed by atoms with van der Waals surface area (Å²) in [6.45, 7) is 2.83. The van der Waals surface area contributed by atoms with Gasteiger partial charge in [0.25, 0.3) is 10.1 Å². The number of hydrogen-bond acceptors (Lipinski definition) is 3. The Bertz CT molecular complexity index is 317. The second-order valence-corrected chi connectivity index (χ2v) is 4.65. The van der Waals surface area contributed by atoms with Crippen LogP contribution in [0.5, 0.6) is 0 Å². The molecule has 0 aromatic carbocycles. The minimum atomic E-state index is -4.02. The van der Waals surface area contributed by atoms with E-state index in [1.54, 1.807) is 0 Å². The summed E-state index contributed by atoms with van der Waals surface area (Å²) in [5.41, 5.74) is 5.20. The molecule has 0 fully saturated rings. The molecule has 0 bridgehead atoms. The van der Waals surface area contributed by atoms with Crippen LogP contribution in [0.2, 0.25) is 0 Å². The molecule has 0 radical (unpaired) electrons. The maximum Gasteiger partial charge on any atom is 0.267 e. The molecule has 0 aliphatic rings. The van der Waals surface area contributed by atoms with Crippen LogP contribution in [-0.2, 0) is 14.9 Å². The van der Waals surface area contributed by atoms with E-state index in [1.807, 2.05) is 0 Å². The molecular weight excluding hydrogens is 194 g/mol. The molecule has 0 aromatic heterocycles. The topological polar surface area (TPSA) is 97.5 Å². The summed E-state index contributed by atoms with van der Waals surface area (Å²) in [7, 11) is -4.02. The van der Waals surface area contributed by atoms with Gasteiger partial charge in [-0.1, -0.05) is 6.08 Å². The molecule has 13 heavy (non-hydrogen) atoms. The van der Waals surface area contributed by atoms with Crippen LogP contribution < -0.4 is 5.73 Å². The molecule has 6 heteroatoms. The maximum absolute atomic E-state index is 10.5. The molecule has 0 saturated heterocycles. The smallest absolute Gasteiger partial charge is 0.267 e. The third kappa shape index (κ3) is 4.64. The zero-order valence-corrected chi connectivity index (χ0v) is 8.34. The third-order valence-electron chi connectivity index (χ3n) is 1.65. The van der Waals surface area contributed by atoms with Crippen LogP contribution in [0.1, 0.15) is 20.3 Å². The minimum absolute atomic E-state index is 0.0770. The molecule has 1 unspecified atom stereocenters. The van der Waals surface area contributed by atoms with Gasteiger partial charge in [0.1, 0.15) is 0 Å². The Labute approximate surface area is 77.4 Å². The molecule has 0 heterocycles. The number of carbonyl (C=O) groups excluding carboxylic acids is 1. The Morgan fingerprint density at radius 1 is 1.62 bits per heavy atom. The van der Waals surface area contributed by atoms with Gasteiger partial charge in [-0.2, -0.15) is 8.42 Å². The highest BCUT2D eigenvalue weighted by atomic mass is 32.2. The van der Waals surface area contributed by atoms with Gasteiger partial charge in [0.05, 0.1) is 5.25 Å². The Morgan fingerprint density at radius 3 is 2.38 bits per heavy atom. The van der Waals surface area contributed by atoms with Crippen LogP contribution in [0.4, 0.5) is 0 Å². The van der Waals surface area contributed by atoms with Gasteiger partial charge in [0, 0.05) is 5.57 Å². The van der Waals surface area contributed by atoms with Crippen molar-refractivity contribution in [3.05, 3.63) is 11.6 Å². The molecule has 3 N–H and O–H groups in total. The normalized spacial score (nSPS) is 15.5. The van der Waals surface area contributed by atoms with E-state index < -0.39 is 21.3 Å². The second kappa shape index (κ2) is 4.38. The summed E-state index contributed by atoms with van der Waals surface area (Å²) >= 11 is 0. The molecule has 0 saturated carbocycles. The van der Waals surface area contributed by atoms with Gasteiger partial charge in [-0.05, 0) is 20.3 Å². The van der Waals surface area contributed by atoms with E-state index in [4.69, 9.17) is 10.3 Å². The first kappa shape index (κ1) is 12.1. The van der Waals surface area contributed by atoms with Crippen molar-refractivity contribution in [3.8, 4) is 0 Å². The largest absolute Gasteiger partial charge is 0.366 e. The predicted octanol–water partition coefficient (Wildman–Crippen LogP) is 0.0844. The lowest BCUT2D eigenvalue weighted by Crippen LogP contribution is -2.17. The van der Waals surface area contributed by atoms with Crippen molar-refractivity contribution in [1.82, 2.24) is 0 Å². The van der Waals surface area contributed by atoms with Crippen molar-refractivity contribution in [2.75, 3.05) is 0 Å². The highest BCUT2D eigenvalue weighted by molar-refractivity contribution is 7.86. The summed E-state index contributed by atoms with van der Waals surface area (Å²) in [5, 5.41) is -0.915. The standard InChI is InChI=1S/C7H13NO4S/c1-5(7(8)9)3-4-6(2)13(10,11)12/h3,6H,4H2,1-2H3,(H2,8,9)(H,10,11,12). The zero-order chi connectivity index (χ0) is 10.6. The molecule has 5 nitrogen and oxygen atoms in total. The molecule has 0 spiro atoms. The van der Waals surface area contributed by atoms with E-state index in [9.17, 15) is 13.2 Å². The molecule has 76 valence electrons. The molecule has 0 rings (SSSR count). The summed E-state index contributed by atoms with van der Waals surface area (Å²) in [4.78, 5) is 10.5. The van der Waals surface area contributed by atoms with Crippen LogP contribution in [-0.4, -0.2) is 24.1 Å². The number of allylic oxidation sites excluding steroid dienone is 1. The van der Waals surface area contributed by atoms with Gasteiger partial charge in [0.2, 0.25) is 5.91 Å². The SMILES string of the molecule is CC(=CCC(C)S(=O)(=O)O)C(N)=O. The van der Waals surface area contributed by atoms with Crippen molar-refractivity contribution in [3.63, 3.8) is 0 Å². The van der Waals surface area contributed by atoms with Gasteiger partial charge < -0.3 is 5.73 Å². The minimum Gasteiger partial charge on any atom is -0.366 e. The lowest BCUT2D eigenvalue weighted by Gasteiger charge is -2.03. The summed E-state index contributed by atoms with van der Waals surface area (Å²) in [6.07, 6.45) is 1.47. The molecular formula is C7H13NO4S. The zero-order valence-electron chi connectivity index (χ0n) is 7.52. The lowest BCUT2D eigenvalue weighted by atomic mass is 10.2. The highest BCUT2D eigenvalue weighted by Gasteiger charge is 2.15. The number of carbonyl (C=O) groups is 1. The first-order valence-corrected chi connectivity index (χ1v) is 5.18. The van der Waals surface area contributed by atoms with Crippen molar-refractivity contribution < 1.29 is 17.8 Å². The van der Waals surface area contributed by atoms with Gasteiger partial charge in [-0.25, -0.2) is 0 Å². The number of primary amides is 1. The number of rotatable bonds is 4. The van der Waals surface area contributed by atoms with Gasteiger partial charge in [-0.3, -0.25) is 9.35 Å². The van der Waals surface area contributed by atoms with Crippen molar-refractivity contribution in [2.45, 2.75) is 25.5 Å². The third-order valence-corrected chi connectivity index (χ3v) is 2.86. The number of hydrogen-bond donors (Lipinski definition) is 2. The van der Waals surface area contributed by atoms with Crippen LogP contribution in [0, 0.1) is 0 Å². The van der Waals surface area contributed by atoms with E-state index in [2.05, 4.69) is 0 Å². The van der Waals surface area contributed by atoms with E-state index in [0.717, 1.165) is 0 Å². The number of amides is 1. The van der Waals surface area contributed by atoms with E-state index in [1.165, 1.54) is 19.9 Å². The molecule has 0 aliphatic heterocycles. The Kier molecular flexibility index (Phi) is 4.09. The van der Waals surface area contributed by atoms with Crippen LogP contribution in [0.25, 0.3) is 0 Å². The van der Waals surface area contributed by atoms with Crippen molar-refractivity contribution >= 4 is 16.0 Å². The molecule has 1 amide bonds. The quantitative estimate of drug-likeness (QED) is 0.504. The van der Waals surface area contributed by atoms with E-state index in [0.29, 0.717) is 0 Å². The van der Waals surface area contributed by atoms with Gasteiger partial charge in [-0.15, -0.1) is 0 Å². The highest BCUT2D eigenvalue weighted by Crippen LogP contribution is 2.05. The van der Waals surface area contributed by atoms with Crippen molar-refractivity contribution in [2.24, 2.45) is 5.73 Å². The van der Waals surface area contributed by atoms with Crippen LogP contribution in [0.15, 0.2) is 11.6 Å². The van der Waals surface area contributed by atoms with Crippen molar-refractivity contribution in [1.29, 1.82) is 0 Å². The first-order chi connectivity index (χ1) is 5.75. The summed E-state index contributed by atoms with van der Waals surface area (Å²) in [6, 6.07) is 0. The second-order valence-electron chi connectivity index (χ2n) is 2.81. The fourth-order valence-electron chi connectivity index (χ4n) is 0.565. The molecule has 0 aromatic rings. The van der Waals surface area contributed by atoms with Crippen LogP contribution in [0.3, 0.4) is 0 Å². The molecule has 1 atom stereocenters. The lowest BCUT2D eigenvalue weighted by molar-refractivity contribution is -0.114. The first-order valence-electron chi connectivity index (χ1n) is 3.68. The van der Waals surface area contributed by atoms with Crippen LogP contribution >= 0.6 is 0 Å². The summed E-state index contributed by atoms with van der Waals surface area (Å²) < 4.78 is 29.6. The summed E-state index contributed by atoms with van der Waals surface area (Å²) in [5.74, 6) is -0.595. The number of nitrogens with two attached hydrogens (primary N) is 1. The predicted molar refractivity (Wildman–Crippen MR) is 48.6 cm³/mol.